The topological polar surface area (TPSA) is 39.9 Å². The Morgan fingerprint density at radius 2 is 1.50 bits per heavy atom. The minimum Gasteiger partial charge on any atom is -0.365 e. The summed E-state index contributed by atoms with van der Waals surface area (Å²) in [5, 5.41) is 0. The molecule has 0 spiro atoms. The van der Waals surface area contributed by atoms with Crippen LogP contribution in [-0.4, -0.2) is 11.0 Å². The Morgan fingerprint density at radius 3 is 2.23 bits per heavy atom. The summed E-state index contributed by atoms with van der Waals surface area (Å²) in [6.07, 6.45) is 9.05. The third-order valence-corrected chi connectivity index (χ3v) is 5.99. The van der Waals surface area contributed by atoms with E-state index < -0.39 is 0 Å². The predicted molar refractivity (Wildman–Crippen MR) is 112 cm³/mol. The van der Waals surface area contributed by atoms with Gasteiger partial charge >= 0.3 is 0 Å². The van der Waals surface area contributed by atoms with Gasteiger partial charge in [-0.15, -0.1) is 0 Å². The molecular formula is C22H25N3S. The summed E-state index contributed by atoms with van der Waals surface area (Å²) in [7, 11) is 0. The van der Waals surface area contributed by atoms with Crippen LogP contribution in [0.5, 0.6) is 0 Å². The molecule has 0 saturated heterocycles. The van der Waals surface area contributed by atoms with E-state index >= 15 is 0 Å². The molecule has 1 aliphatic carbocycles. The van der Waals surface area contributed by atoms with Crippen molar-refractivity contribution in [3.05, 3.63) is 78.6 Å². The Kier molecular flexibility index (Phi) is 5.62. The maximum absolute atomic E-state index is 3.60. The van der Waals surface area contributed by atoms with E-state index in [9.17, 15) is 0 Å². The normalized spacial score (nSPS) is 20.0. The first-order valence-electron chi connectivity index (χ1n) is 9.34. The average Bonchev–Trinajstić information content (AvgIpc) is 3.18. The van der Waals surface area contributed by atoms with Gasteiger partial charge in [0.2, 0.25) is 0 Å². The minimum atomic E-state index is 0.576. The Labute approximate surface area is 159 Å². The van der Waals surface area contributed by atoms with Crippen molar-refractivity contribution in [1.82, 2.24) is 9.71 Å². The first-order chi connectivity index (χ1) is 12.9. The zero-order chi connectivity index (χ0) is 17.6. The summed E-state index contributed by atoms with van der Waals surface area (Å²) >= 11 is 1.60. The molecular weight excluding hydrogens is 338 g/mol. The molecule has 26 heavy (non-hydrogen) atoms. The SMILES string of the molecule is c1ccc(-c2c[nH]cc2NSNC2CCC(c3ccccc3)CC2)cc1. The van der Waals surface area contributed by atoms with Crippen LogP contribution in [0, 0.1) is 0 Å². The Hall–Kier alpha value is -2.17. The minimum absolute atomic E-state index is 0.576. The highest BCUT2D eigenvalue weighted by atomic mass is 32.2. The van der Waals surface area contributed by atoms with Gasteiger partial charge in [0.15, 0.2) is 0 Å². The highest BCUT2D eigenvalue weighted by Gasteiger charge is 2.22. The molecule has 0 atom stereocenters. The lowest BCUT2D eigenvalue weighted by molar-refractivity contribution is 0.381. The van der Waals surface area contributed by atoms with Gasteiger partial charge in [0.25, 0.3) is 0 Å². The van der Waals surface area contributed by atoms with Crippen LogP contribution in [0.4, 0.5) is 5.69 Å². The summed E-state index contributed by atoms with van der Waals surface area (Å²) in [6, 6.07) is 22.0. The number of hydrogen-bond acceptors (Lipinski definition) is 3. The summed E-state index contributed by atoms with van der Waals surface area (Å²) in [6.45, 7) is 0. The lowest BCUT2D eigenvalue weighted by atomic mass is 9.82. The standard InChI is InChI=1S/C22H25N3S/c1-3-7-17(8-4-1)18-11-13-20(14-12-18)24-26-25-22-16-23-15-21(22)19-9-5-2-6-10-19/h1-10,15-16,18,20,23-25H,11-14H2. The van der Waals surface area contributed by atoms with Crippen LogP contribution in [0.1, 0.15) is 37.2 Å². The fourth-order valence-electron chi connectivity index (χ4n) is 3.74. The number of H-pyrrole nitrogens is 1. The van der Waals surface area contributed by atoms with Crippen LogP contribution in [0.2, 0.25) is 0 Å². The molecule has 1 aliphatic rings. The highest BCUT2D eigenvalue weighted by molar-refractivity contribution is 7.98. The van der Waals surface area contributed by atoms with Crippen LogP contribution < -0.4 is 9.44 Å². The van der Waals surface area contributed by atoms with E-state index in [4.69, 9.17) is 0 Å². The van der Waals surface area contributed by atoms with Gasteiger partial charge in [0.05, 0.1) is 5.69 Å². The molecule has 0 unspecified atom stereocenters. The average molecular weight is 364 g/mol. The van der Waals surface area contributed by atoms with Crippen molar-refractivity contribution >= 4 is 17.8 Å². The summed E-state index contributed by atoms with van der Waals surface area (Å²) in [5.41, 5.74) is 5.04. The van der Waals surface area contributed by atoms with E-state index in [-0.39, 0.29) is 0 Å². The second-order valence-corrected chi connectivity index (χ2v) is 7.57. The quantitative estimate of drug-likeness (QED) is 0.472. The van der Waals surface area contributed by atoms with Crippen LogP contribution in [0.25, 0.3) is 11.1 Å². The van der Waals surface area contributed by atoms with E-state index in [0.29, 0.717) is 6.04 Å². The monoisotopic (exact) mass is 363 g/mol. The smallest absolute Gasteiger partial charge is 0.0706 e. The molecule has 1 fully saturated rings. The molecule has 0 radical (unpaired) electrons. The van der Waals surface area contributed by atoms with Crippen molar-refractivity contribution in [1.29, 1.82) is 0 Å². The molecule has 3 nitrogen and oxygen atoms in total. The number of hydrogen-bond donors (Lipinski definition) is 3. The molecule has 3 N–H and O–H groups in total. The van der Waals surface area contributed by atoms with Crippen molar-refractivity contribution in [3.8, 4) is 11.1 Å². The molecule has 3 aromatic rings. The molecule has 1 saturated carbocycles. The van der Waals surface area contributed by atoms with Gasteiger partial charge in [0.1, 0.15) is 0 Å². The summed E-state index contributed by atoms with van der Waals surface area (Å²) in [5.74, 6) is 0.724. The predicted octanol–water partition coefficient (Wildman–Crippen LogP) is 5.97. The first kappa shape index (κ1) is 17.3. The van der Waals surface area contributed by atoms with E-state index in [1.807, 2.05) is 18.5 Å². The van der Waals surface area contributed by atoms with E-state index in [1.165, 1.54) is 42.4 Å². The van der Waals surface area contributed by atoms with Gasteiger partial charge in [-0.3, -0.25) is 0 Å². The van der Waals surface area contributed by atoms with Crippen molar-refractivity contribution in [2.75, 3.05) is 4.72 Å². The Bertz CT molecular complexity index is 793. The fourth-order valence-corrected chi connectivity index (χ4v) is 4.48. The van der Waals surface area contributed by atoms with Gasteiger partial charge in [-0.1, -0.05) is 60.7 Å². The largest absolute Gasteiger partial charge is 0.365 e. The third-order valence-electron chi connectivity index (χ3n) is 5.22. The second kappa shape index (κ2) is 8.47. The van der Waals surface area contributed by atoms with Gasteiger partial charge in [-0.2, -0.15) is 0 Å². The summed E-state index contributed by atoms with van der Waals surface area (Å²) < 4.78 is 7.06. The molecule has 2 aromatic carbocycles. The zero-order valence-corrected chi connectivity index (χ0v) is 15.6. The van der Waals surface area contributed by atoms with Crippen LogP contribution >= 0.6 is 12.1 Å². The molecule has 4 heteroatoms. The van der Waals surface area contributed by atoms with E-state index in [0.717, 1.165) is 11.6 Å². The lowest BCUT2D eigenvalue weighted by Gasteiger charge is -2.29. The first-order valence-corrected chi connectivity index (χ1v) is 10.2. The summed E-state index contributed by atoms with van der Waals surface area (Å²) in [4.78, 5) is 3.21. The van der Waals surface area contributed by atoms with Crippen molar-refractivity contribution in [3.63, 3.8) is 0 Å². The Morgan fingerprint density at radius 1 is 0.808 bits per heavy atom. The van der Waals surface area contributed by atoms with Gasteiger partial charge in [0, 0.05) is 36.1 Å². The van der Waals surface area contributed by atoms with Crippen molar-refractivity contribution < 1.29 is 0 Å². The number of nitrogens with one attached hydrogen (secondary N) is 3. The second-order valence-electron chi connectivity index (χ2n) is 6.93. The molecule has 1 heterocycles. The van der Waals surface area contributed by atoms with E-state index in [1.54, 1.807) is 12.1 Å². The number of aromatic nitrogens is 1. The van der Waals surface area contributed by atoms with Crippen LogP contribution in [-0.2, 0) is 0 Å². The Balaban J connectivity index is 1.26. The number of anilines is 1. The molecule has 0 bridgehead atoms. The maximum Gasteiger partial charge on any atom is 0.0706 e. The van der Waals surface area contributed by atoms with Gasteiger partial charge < -0.3 is 9.71 Å². The van der Waals surface area contributed by atoms with Crippen molar-refractivity contribution in [2.24, 2.45) is 0 Å². The fraction of sp³-hybridized carbons (Fsp3) is 0.273. The molecule has 134 valence electrons. The zero-order valence-electron chi connectivity index (χ0n) is 14.8. The van der Waals surface area contributed by atoms with Crippen LogP contribution in [0.3, 0.4) is 0 Å². The van der Waals surface area contributed by atoms with Crippen molar-refractivity contribution in [2.45, 2.75) is 37.6 Å². The number of benzene rings is 2. The number of aromatic amines is 1. The highest BCUT2D eigenvalue weighted by Crippen LogP contribution is 2.34. The molecule has 0 amide bonds. The van der Waals surface area contributed by atoms with E-state index in [2.05, 4.69) is 69.0 Å². The third kappa shape index (κ3) is 4.14. The lowest BCUT2D eigenvalue weighted by Crippen LogP contribution is -2.29. The molecule has 1 aromatic heterocycles. The molecule has 0 aliphatic heterocycles. The number of rotatable bonds is 6. The van der Waals surface area contributed by atoms with Crippen LogP contribution in [0.15, 0.2) is 73.1 Å². The van der Waals surface area contributed by atoms with Gasteiger partial charge in [-0.05, 0) is 42.7 Å². The maximum atomic E-state index is 3.60. The van der Waals surface area contributed by atoms with Gasteiger partial charge in [-0.25, -0.2) is 4.72 Å². The molecule has 4 rings (SSSR count).